The molecule has 7 nitrogen and oxygen atoms in total. The first kappa shape index (κ1) is 14.0. The number of aromatic nitrogens is 1. The monoisotopic (exact) mass is 291 g/mol. The molecular weight excluding hydrogens is 283 g/mol. The number of anilines is 1. The second kappa shape index (κ2) is 4.62. The molecule has 1 aliphatic rings. The normalized spacial score (nSPS) is 15.8. The van der Waals surface area contributed by atoms with E-state index in [1.807, 2.05) is 0 Å². The Morgan fingerprint density at radius 2 is 2.10 bits per heavy atom. The molecule has 0 amide bonds. The largest absolute Gasteiger partial charge is 0.481 e. The Hall–Kier alpha value is -2.39. The Balaban J connectivity index is 2.34. The van der Waals surface area contributed by atoms with Crippen molar-refractivity contribution < 1.29 is 28.0 Å². The topological polar surface area (TPSA) is 96.6 Å². The Bertz CT molecular complexity index is 569. The molecule has 0 spiro atoms. The van der Waals surface area contributed by atoms with Crippen molar-refractivity contribution in [1.82, 2.24) is 4.98 Å². The summed E-state index contributed by atoms with van der Waals surface area (Å²) in [6.07, 6.45) is -4.19. The smallest absolute Gasteiger partial charge is 0.433 e. The van der Waals surface area contributed by atoms with Gasteiger partial charge < -0.3 is 10.0 Å². The highest BCUT2D eigenvalue weighted by Gasteiger charge is 2.39. The molecular formula is C10H8F3N3O4. The first-order valence-corrected chi connectivity index (χ1v) is 5.39. The lowest BCUT2D eigenvalue weighted by atomic mass is 9.99. The second-order valence-corrected chi connectivity index (χ2v) is 4.25. The van der Waals surface area contributed by atoms with E-state index in [1.54, 1.807) is 0 Å². The van der Waals surface area contributed by atoms with Gasteiger partial charge >= 0.3 is 17.8 Å². The number of nitrogens with zero attached hydrogens (tertiary/aromatic N) is 3. The minimum absolute atomic E-state index is 0.0719. The molecule has 0 saturated carbocycles. The van der Waals surface area contributed by atoms with Gasteiger partial charge in [-0.25, -0.2) is 4.98 Å². The fourth-order valence-electron chi connectivity index (χ4n) is 1.82. The van der Waals surface area contributed by atoms with Crippen LogP contribution in [0.1, 0.15) is 5.69 Å². The predicted octanol–water partition coefficient (Wildman–Crippen LogP) is 1.53. The zero-order chi connectivity index (χ0) is 15.1. The van der Waals surface area contributed by atoms with Crippen LogP contribution in [0.3, 0.4) is 0 Å². The van der Waals surface area contributed by atoms with E-state index < -0.39 is 34.4 Å². The van der Waals surface area contributed by atoms with Crippen LogP contribution in [0.2, 0.25) is 0 Å². The number of carboxylic acid groups (broad SMARTS) is 1. The molecule has 0 bridgehead atoms. The van der Waals surface area contributed by atoms with Crippen LogP contribution in [0.4, 0.5) is 24.5 Å². The van der Waals surface area contributed by atoms with Gasteiger partial charge in [0, 0.05) is 13.1 Å². The third kappa shape index (κ3) is 2.49. The van der Waals surface area contributed by atoms with Crippen molar-refractivity contribution in [3.8, 4) is 0 Å². The molecule has 1 aliphatic heterocycles. The van der Waals surface area contributed by atoms with Gasteiger partial charge in [0.25, 0.3) is 0 Å². The minimum atomic E-state index is -4.72. The Labute approximate surface area is 109 Å². The van der Waals surface area contributed by atoms with Gasteiger partial charge in [-0.1, -0.05) is 0 Å². The lowest BCUT2D eigenvalue weighted by molar-refractivity contribution is -0.384. The number of aliphatic carboxylic acids is 1. The number of alkyl halides is 3. The van der Waals surface area contributed by atoms with Gasteiger partial charge in [0.1, 0.15) is 17.6 Å². The van der Waals surface area contributed by atoms with Crippen LogP contribution in [0, 0.1) is 16.0 Å². The molecule has 0 radical (unpaired) electrons. The maximum Gasteiger partial charge on any atom is 0.433 e. The van der Waals surface area contributed by atoms with Crippen LogP contribution in [-0.4, -0.2) is 34.1 Å². The van der Waals surface area contributed by atoms with E-state index in [0.717, 1.165) is 0 Å². The van der Waals surface area contributed by atoms with Crippen molar-refractivity contribution in [2.75, 3.05) is 18.0 Å². The molecule has 10 heteroatoms. The van der Waals surface area contributed by atoms with Crippen molar-refractivity contribution >= 4 is 17.3 Å². The van der Waals surface area contributed by atoms with Crippen molar-refractivity contribution in [1.29, 1.82) is 0 Å². The van der Waals surface area contributed by atoms with Gasteiger partial charge in [-0.15, -0.1) is 0 Å². The summed E-state index contributed by atoms with van der Waals surface area (Å²) in [5.41, 5.74) is -2.10. The minimum Gasteiger partial charge on any atom is -0.481 e. The first-order chi connectivity index (χ1) is 9.20. The highest BCUT2D eigenvalue weighted by molar-refractivity contribution is 5.76. The van der Waals surface area contributed by atoms with E-state index in [2.05, 4.69) is 4.98 Å². The van der Waals surface area contributed by atoms with Gasteiger partial charge in [-0.3, -0.25) is 14.9 Å². The van der Waals surface area contributed by atoms with Crippen LogP contribution < -0.4 is 4.90 Å². The average molecular weight is 291 g/mol. The summed E-state index contributed by atoms with van der Waals surface area (Å²) in [5, 5.41) is 19.5. The molecule has 1 aromatic rings. The van der Waals surface area contributed by atoms with Crippen LogP contribution in [0.5, 0.6) is 0 Å². The maximum absolute atomic E-state index is 12.5. The highest BCUT2D eigenvalue weighted by atomic mass is 19.4. The molecule has 2 rings (SSSR count). The van der Waals surface area contributed by atoms with Crippen molar-refractivity contribution in [2.24, 2.45) is 5.92 Å². The Morgan fingerprint density at radius 3 is 2.55 bits per heavy atom. The average Bonchev–Trinajstić information content (AvgIpc) is 2.24. The molecule has 1 saturated heterocycles. The molecule has 0 unspecified atom stereocenters. The summed E-state index contributed by atoms with van der Waals surface area (Å²) in [6, 6.07) is 0.566. The number of pyridine rings is 1. The third-order valence-corrected chi connectivity index (χ3v) is 2.92. The van der Waals surface area contributed by atoms with Gasteiger partial charge in [-0.2, -0.15) is 13.2 Å². The maximum atomic E-state index is 12.5. The third-order valence-electron chi connectivity index (χ3n) is 2.92. The lowest BCUT2D eigenvalue weighted by Crippen LogP contribution is -2.50. The molecule has 2 heterocycles. The highest BCUT2D eigenvalue weighted by Crippen LogP contribution is 2.37. The number of rotatable bonds is 3. The number of carbonyl (C=O) groups is 1. The molecule has 1 fully saturated rings. The molecule has 0 aliphatic carbocycles. The quantitative estimate of drug-likeness (QED) is 0.670. The molecule has 1 aromatic heterocycles. The van der Waals surface area contributed by atoms with Crippen LogP contribution in [0.25, 0.3) is 0 Å². The Morgan fingerprint density at radius 1 is 1.50 bits per heavy atom. The zero-order valence-corrected chi connectivity index (χ0v) is 9.79. The second-order valence-electron chi connectivity index (χ2n) is 4.25. The summed E-state index contributed by atoms with van der Waals surface area (Å²) in [6.45, 7) is -0.144. The van der Waals surface area contributed by atoms with Crippen molar-refractivity contribution in [3.63, 3.8) is 0 Å². The lowest BCUT2D eigenvalue weighted by Gasteiger charge is -2.38. The number of hydrogen-bond acceptors (Lipinski definition) is 5. The zero-order valence-electron chi connectivity index (χ0n) is 9.79. The van der Waals surface area contributed by atoms with E-state index in [1.165, 1.54) is 4.90 Å². The van der Waals surface area contributed by atoms with Crippen LogP contribution in [0.15, 0.2) is 12.3 Å². The summed E-state index contributed by atoms with van der Waals surface area (Å²) in [7, 11) is 0. The van der Waals surface area contributed by atoms with Gasteiger partial charge in [0.2, 0.25) is 0 Å². The molecule has 0 aromatic carbocycles. The predicted molar refractivity (Wildman–Crippen MR) is 59.2 cm³/mol. The fraction of sp³-hybridized carbons (Fsp3) is 0.400. The molecule has 1 N–H and O–H groups in total. The number of nitro groups is 1. The fourth-order valence-corrected chi connectivity index (χ4v) is 1.82. The van der Waals surface area contributed by atoms with Gasteiger partial charge in [0.05, 0.1) is 10.8 Å². The van der Waals surface area contributed by atoms with E-state index >= 15 is 0 Å². The standard InChI is InChI=1S/C10H8F3N3O4/c11-10(12,13)8-1-6(7(2-14-8)16(19)20)15-3-5(4-15)9(17)18/h1-2,5H,3-4H2,(H,17,18). The van der Waals surface area contributed by atoms with E-state index in [-0.39, 0.29) is 18.8 Å². The summed E-state index contributed by atoms with van der Waals surface area (Å²) in [5.74, 6) is -1.83. The first-order valence-electron chi connectivity index (χ1n) is 5.39. The number of halogens is 3. The SMILES string of the molecule is O=C(O)C1CN(c2cc(C(F)(F)F)ncc2[N+](=O)[O-])C1. The summed E-state index contributed by atoms with van der Waals surface area (Å²) in [4.78, 5) is 24.8. The van der Waals surface area contributed by atoms with Crippen LogP contribution >= 0.6 is 0 Å². The van der Waals surface area contributed by atoms with Crippen molar-refractivity contribution in [2.45, 2.75) is 6.18 Å². The summed E-state index contributed by atoms with van der Waals surface area (Å²) < 4.78 is 37.6. The van der Waals surface area contributed by atoms with E-state index in [4.69, 9.17) is 5.11 Å². The van der Waals surface area contributed by atoms with Crippen LogP contribution in [-0.2, 0) is 11.0 Å². The summed E-state index contributed by atoms with van der Waals surface area (Å²) >= 11 is 0. The molecule has 108 valence electrons. The number of hydrogen-bond donors (Lipinski definition) is 1. The van der Waals surface area contributed by atoms with Gasteiger partial charge in [-0.05, 0) is 6.07 Å². The number of carboxylic acids is 1. The van der Waals surface area contributed by atoms with E-state index in [9.17, 15) is 28.1 Å². The van der Waals surface area contributed by atoms with E-state index in [0.29, 0.717) is 12.3 Å². The molecule has 20 heavy (non-hydrogen) atoms. The van der Waals surface area contributed by atoms with Crippen molar-refractivity contribution in [3.05, 3.63) is 28.1 Å². The molecule has 0 atom stereocenters. The Kier molecular flexibility index (Phi) is 3.24. The van der Waals surface area contributed by atoms with Gasteiger partial charge in [0.15, 0.2) is 0 Å².